The molecule has 2 nitrogen and oxygen atoms in total. The smallest absolute Gasteiger partial charge is 0.123 e. The van der Waals surface area contributed by atoms with E-state index in [1.165, 1.54) is 16.8 Å². The van der Waals surface area contributed by atoms with E-state index in [0.29, 0.717) is 12.3 Å². The Morgan fingerprint density at radius 1 is 1.00 bits per heavy atom. The Labute approximate surface area is 129 Å². The summed E-state index contributed by atoms with van der Waals surface area (Å²) < 4.78 is 0.997. The monoisotopic (exact) mass is 333 g/mol. The topological polar surface area (TPSA) is 23.5 Å². The maximum absolute atomic E-state index is 10.2. The quantitative estimate of drug-likeness (QED) is 0.878. The second kappa shape index (κ2) is 5.88. The highest BCUT2D eigenvalue weighted by molar-refractivity contribution is 9.10. The van der Waals surface area contributed by atoms with Gasteiger partial charge < -0.3 is 10.0 Å². The largest absolute Gasteiger partial charge is 0.507 e. The van der Waals surface area contributed by atoms with Crippen LogP contribution in [0.3, 0.4) is 0 Å². The van der Waals surface area contributed by atoms with Gasteiger partial charge in [-0.05, 0) is 61.7 Å². The van der Waals surface area contributed by atoms with Gasteiger partial charge in [-0.25, -0.2) is 0 Å². The van der Waals surface area contributed by atoms with Crippen LogP contribution in [0.5, 0.6) is 5.75 Å². The highest BCUT2D eigenvalue weighted by atomic mass is 79.9. The van der Waals surface area contributed by atoms with E-state index in [0.717, 1.165) is 15.6 Å². The van der Waals surface area contributed by atoms with Crippen molar-refractivity contribution in [3.63, 3.8) is 0 Å². The van der Waals surface area contributed by atoms with Gasteiger partial charge in [0.2, 0.25) is 0 Å². The summed E-state index contributed by atoms with van der Waals surface area (Å²) in [4.78, 5) is 2.15. The Morgan fingerprint density at radius 3 is 2.20 bits per heavy atom. The Morgan fingerprint density at radius 2 is 1.60 bits per heavy atom. The zero-order chi connectivity index (χ0) is 14.9. The summed E-state index contributed by atoms with van der Waals surface area (Å²) in [6, 6.07) is 10.4. The standard InChI is InChI=1S/C17H20BrNO/c1-11-5-12(2)7-16(6-11)19(4)10-14-9-15(18)8-13(3)17(14)20/h5-9,20H,10H2,1-4H3. The van der Waals surface area contributed by atoms with Crippen LogP contribution >= 0.6 is 15.9 Å². The summed E-state index contributed by atoms with van der Waals surface area (Å²) in [6.07, 6.45) is 0. The molecule has 0 saturated heterocycles. The Kier molecular flexibility index (Phi) is 4.39. The van der Waals surface area contributed by atoms with Crippen LogP contribution in [-0.2, 0) is 6.54 Å². The van der Waals surface area contributed by atoms with Gasteiger partial charge >= 0.3 is 0 Å². The lowest BCUT2D eigenvalue weighted by atomic mass is 10.1. The molecule has 0 heterocycles. The molecule has 2 aromatic rings. The van der Waals surface area contributed by atoms with Crippen molar-refractivity contribution in [3.05, 3.63) is 57.1 Å². The summed E-state index contributed by atoms with van der Waals surface area (Å²) in [5, 5.41) is 10.2. The average molecular weight is 334 g/mol. The minimum Gasteiger partial charge on any atom is -0.507 e. The number of halogens is 1. The maximum atomic E-state index is 10.2. The van der Waals surface area contributed by atoms with Crippen LogP contribution in [0, 0.1) is 20.8 Å². The van der Waals surface area contributed by atoms with E-state index >= 15 is 0 Å². The van der Waals surface area contributed by atoms with Crippen LogP contribution < -0.4 is 4.90 Å². The number of hydrogen-bond donors (Lipinski definition) is 1. The number of nitrogens with zero attached hydrogens (tertiary/aromatic N) is 1. The second-order valence-electron chi connectivity index (χ2n) is 5.43. The molecule has 0 aliphatic heterocycles. The number of aromatic hydroxyl groups is 1. The summed E-state index contributed by atoms with van der Waals surface area (Å²) >= 11 is 3.49. The molecule has 1 N–H and O–H groups in total. The van der Waals surface area contributed by atoms with Gasteiger partial charge in [0.1, 0.15) is 5.75 Å². The van der Waals surface area contributed by atoms with E-state index in [4.69, 9.17) is 0 Å². The first-order valence-electron chi connectivity index (χ1n) is 6.64. The SMILES string of the molecule is Cc1cc(C)cc(N(C)Cc2cc(Br)cc(C)c2O)c1. The first-order chi connectivity index (χ1) is 9.36. The van der Waals surface area contributed by atoms with Crippen molar-refractivity contribution in [2.24, 2.45) is 0 Å². The Balaban J connectivity index is 2.30. The van der Waals surface area contributed by atoms with Crippen LogP contribution in [0.1, 0.15) is 22.3 Å². The van der Waals surface area contributed by atoms with Gasteiger partial charge in [0.25, 0.3) is 0 Å². The number of anilines is 1. The molecule has 0 fully saturated rings. The second-order valence-corrected chi connectivity index (χ2v) is 6.35. The first-order valence-corrected chi connectivity index (χ1v) is 7.43. The summed E-state index contributed by atoms with van der Waals surface area (Å²) in [5.41, 5.74) is 5.49. The highest BCUT2D eigenvalue weighted by Gasteiger charge is 2.10. The predicted molar refractivity (Wildman–Crippen MR) is 88.6 cm³/mol. The van der Waals surface area contributed by atoms with Crippen molar-refractivity contribution in [1.29, 1.82) is 0 Å². The fraction of sp³-hybridized carbons (Fsp3) is 0.294. The van der Waals surface area contributed by atoms with Crippen molar-refractivity contribution in [2.75, 3.05) is 11.9 Å². The summed E-state index contributed by atoms with van der Waals surface area (Å²) in [7, 11) is 2.05. The van der Waals surface area contributed by atoms with E-state index in [9.17, 15) is 5.11 Å². The molecule has 0 spiro atoms. The third kappa shape index (κ3) is 3.34. The van der Waals surface area contributed by atoms with Crippen LogP contribution in [0.25, 0.3) is 0 Å². The minimum absolute atomic E-state index is 0.379. The molecule has 0 aromatic heterocycles. The van der Waals surface area contributed by atoms with E-state index in [1.807, 2.05) is 26.1 Å². The van der Waals surface area contributed by atoms with E-state index in [1.54, 1.807) is 0 Å². The molecule has 2 aromatic carbocycles. The van der Waals surface area contributed by atoms with E-state index in [2.05, 4.69) is 52.9 Å². The fourth-order valence-corrected chi connectivity index (χ4v) is 3.06. The minimum atomic E-state index is 0.379. The van der Waals surface area contributed by atoms with E-state index in [-0.39, 0.29) is 0 Å². The number of phenols is 1. The molecule has 2 rings (SSSR count). The van der Waals surface area contributed by atoms with Crippen molar-refractivity contribution in [3.8, 4) is 5.75 Å². The fourth-order valence-electron chi connectivity index (χ4n) is 2.44. The molecule has 0 saturated carbocycles. The maximum Gasteiger partial charge on any atom is 0.123 e. The van der Waals surface area contributed by atoms with Crippen LogP contribution in [0.4, 0.5) is 5.69 Å². The summed E-state index contributed by atoms with van der Waals surface area (Å²) in [6.45, 7) is 6.80. The number of rotatable bonds is 3. The lowest BCUT2D eigenvalue weighted by Gasteiger charge is -2.22. The highest BCUT2D eigenvalue weighted by Crippen LogP contribution is 2.29. The Hall–Kier alpha value is -1.48. The molecular formula is C17H20BrNO. The molecule has 0 aliphatic carbocycles. The van der Waals surface area contributed by atoms with Crippen molar-refractivity contribution < 1.29 is 5.11 Å². The molecule has 0 unspecified atom stereocenters. The molecule has 0 bridgehead atoms. The number of hydrogen-bond acceptors (Lipinski definition) is 2. The van der Waals surface area contributed by atoms with Gasteiger partial charge in [0, 0.05) is 29.3 Å². The molecular weight excluding hydrogens is 314 g/mol. The molecule has 0 radical (unpaired) electrons. The number of phenolic OH excluding ortho intramolecular Hbond substituents is 1. The molecule has 3 heteroatoms. The summed E-state index contributed by atoms with van der Waals surface area (Å²) in [5.74, 6) is 0.379. The van der Waals surface area contributed by atoms with E-state index < -0.39 is 0 Å². The third-order valence-electron chi connectivity index (χ3n) is 3.40. The molecule has 106 valence electrons. The van der Waals surface area contributed by atoms with Crippen molar-refractivity contribution in [1.82, 2.24) is 0 Å². The number of aryl methyl sites for hydroxylation is 3. The molecule has 0 amide bonds. The lowest BCUT2D eigenvalue weighted by Crippen LogP contribution is -2.17. The Bertz CT molecular complexity index is 617. The predicted octanol–water partition coefficient (Wildman–Crippen LogP) is 4.72. The van der Waals surface area contributed by atoms with Crippen LogP contribution in [0.15, 0.2) is 34.8 Å². The van der Waals surface area contributed by atoms with Gasteiger partial charge in [-0.3, -0.25) is 0 Å². The average Bonchev–Trinajstić information content (AvgIpc) is 2.34. The van der Waals surface area contributed by atoms with Gasteiger partial charge in [-0.1, -0.05) is 22.0 Å². The van der Waals surface area contributed by atoms with Crippen molar-refractivity contribution >= 4 is 21.6 Å². The van der Waals surface area contributed by atoms with Crippen LogP contribution in [0.2, 0.25) is 0 Å². The lowest BCUT2D eigenvalue weighted by molar-refractivity contribution is 0.463. The molecule has 0 aliphatic rings. The van der Waals surface area contributed by atoms with Crippen molar-refractivity contribution in [2.45, 2.75) is 27.3 Å². The van der Waals surface area contributed by atoms with Gasteiger partial charge in [0.15, 0.2) is 0 Å². The molecule has 0 atom stereocenters. The first kappa shape index (κ1) is 14.9. The zero-order valence-electron chi connectivity index (χ0n) is 12.4. The zero-order valence-corrected chi connectivity index (χ0v) is 14.0. The third-order valence-corrected chi connectivity index (χ3v) is 3.86. The van der Waals surface area contributed by atoms with Gasteiger partial charge in [-0.15, -0.1) is 0 Å². The van der Waals surface area contributed by atoms with Gasteiger partial charge in [0.05, 0.1) is 0 Å². The normalized spacial score (nSPS) is 10.7. The molecule has 20 heavy (non-hydrogen) atoms. The van der Waals surface area contributed by atoms with Crippen LogP contribution in [-0.4, -0.2) is 12.2 Å². The number of benzene rings is 2. The van der Waals surface area contributed by atoms with Gasteiger partial charge in [-0.2, -0.15) is 0 Å².